The molecule has 0 saturated heterocycles. The van der Waals surface area contributed by atoms with Gasteiger partial charge in [0.25, 0.3) is 11.8 Å². The summed E-state index contributed by atoms with van der Waals surface area (Å²) in [6.45, 7) is 0. The Kier molecular flexibility index (Phi) is 4.77. The van der Waals surface area contributed by atoms with Crippen molar-refractivity contribution in [2.45, 2.75) is 36.8 Å². The monoisotopic (exact) mass is 433 g/mol. The number of rotatable bonds is 6. The topological polar surface area (TPSA) is 71.1 Å². The van der Waals surface area contributed by atoms with Crippen LogP contribution in [0.5, 0.6) is 0 Å². The largest absolute Gasteiger partial charge is 0.342 e. The number of nitrogens with zero attached hydrogens (tertiary/aromatic N) is 1. The minimum Gasteiger partial charge on any atom is -0.342 e. The fourth-order valence-electron chi connectivity index (χ4n) is 4.03. The molecule has 32 heavy (non-hydrogen) atoms. The number of nitrogens with one attached hydrogen (secondary N) is 2. The molecule has 2 N–H and O–H groups in total. The first-order valence-electron chi connectivity index (χ1n) is 10.5. The lowest BCUT2D eigenvalue weighted by atomic mass is 10.0. The molecule has 5 rings (SSSR count). The maximum Gasteiger partial charge on any atom is 0.253 e. The highest BCUT2D eigenvalue weighted by molar-refractivity contribution is 6.00. The molecule has 7 heteroatoms. The van der Waals surface area contributed by atoms with Crippen LogP contribution in [0.2, 0.25) is 0 Å². The number of carbonyl (C=O) groups excluding carboxylic acids is 2. The molecule has 2 saturated carbocycles. The Morgan fingerprint density at radius 2 is 1.06 bits per heavy atom. The third-order valence-corrected chi connectivity index (χ3v) is 6.26. The summed E-state index contributed by atoms with van der Waals surface area (Å²) in [6.07, 6.45) is 5.88. The van der Waals surface area contributed by atoms with Gasteiger partial charge in [0.15, 0.2) is 0 Å². The number of pyridine rings is 1. The van der Waals surface area contributed by atoms with Gasteiger partial charge in [0, 0.05) is 12.4 Å². The number of benzene rings is 2. The van der Waals surface area contributed by atoms with Gasteiger partial charge in [-0.05, 0) is 67.1 Å². The van der Waals surface area contributed by atoms with E-state index < -0.39 is 11.1 Å². The number of hydrogen-bond donors (Lipinski definition) is 2. The van der Waals surface area contributed by atoms with E-state index in [2.05, 4.69) is 15.6 Å². The van der Waals surface area contributed by atoms with E-state index in [0.717, 1.165) is 36.8 Å². The molecular weight excluding hydrogens is 412 g/mol. The molecule has 0 unspecified atom stereocenters. The molecule has 0 atom stereocenters. The molecule has 2 aromatic carbocycles. The third-order valence-electron chi connectivity index (χ3n) is 6.26. The average molecular weight is 433 g/mol. The van der Waals surface area contributed by atoms with E-state index in [1.54, 1.807) is 24.3 Å². The van der Waals surface area contributed by atoms with Crippen LogP contribution in [0.1, 0.15) is 57.5 Å². The van der Waals surface area contributed by atoms with Crippen LogP contribution in [0, 0.1) is 11.6 Å². The number of aromatic nitrogens is 1. The highest BCUT2D eigenvalue weighted by Crippen LogP contribution is 2.46. The van der Waals surface area contributed by atoms with E-state index in [1.165, 1.54) is 42.7 Å². The molecule has 2 aliphatic carbocycles. The predicted octanol–water partition coefficient (Wildman–Crippen LogP) is 4.20. The minimum absolute atomic E-state index is 0.276. The summed E-state index contributed by atoms with van der Waals surface area (Å²) < 4.78 is 26.5. The molecule has 2 fully saturated rings. The van der Waals surface area contributed by atoms with Crippen LogP contribution < -0.4 is 10.6 Å². The molecule has 162 valence electrons. The summed E-state index contributed by atoms with van der Waals surface area (Å²) in [5.74, 6) is -1.33. The fourth-order valence-corrected chi connectivity index (χ4v) is 4.03. The van der Waals surface area contributed by atoms with Crippen molar-refractivity contribution < 1.29 is 18.4 Å². The van der Waals surface area contributed by atoms with Crippen molar-refractivity contribution >= 4 is 11.8 Å². The van der Waals surface area contributed by atoms with E-state index in [9.17, 15) is 18.4 Å². The first kappa shape index (κ1) is 20.3. The lowest BCUT2D eigenvalue weighted by molar-refractivity contribution is 0.0930. The molecule has 5 nitrogen and oxygen atoms in total. The van der Waals surface area contributed by atoms with Crippen LogP contribution >= 0.6 is 0 Å². The minimum atomic E-state index is -0.510. The van der Waals surface area contributed by atoms with Gasteiger partial charge in [0.2, 0.25) is 0 Å². The summed E-state index contributed by atoms with van der Waals surface area (Å²) in [7, 11) is 0. The van der Waals surface area contributed by atoms with Gasteiger partial charge < -0.3 is 10.6 Å². The van der Waals surface area contributed by atoms with Gasteiger partial charge in [-0.2, -0.15) is 0 Å². The number of amides is 2. The lowest BCUT2D eigenvalue weighted by Gasteiger charge is -2.19. The molecule has 0 radical (unpaired) electrons. The van der Waals surface area contributed by atoms with E-state index in [4.69, 9.17) is 0 Å². The summed E-state index contributed by atoms with van der Waals surface area (Å²) >= 11 is 0. The van der Waals surface area contributed by atoms with Crippen molar-refractivity contribution in [3.63, 3.8) is 0 Å². The smallest absolute Gasteiger partial charge is 0.253 e. The average Bonchev–Trinajstić information content (AvgIpc) is 3.73. The zero-order chi connectivity index (χ0) is 22.3. The second-order valence-electron chi connectivity index (χ2n) is 8.55. The standard InChI is InChI=1S/C25H21F2N3O2/c26-20-5-1-18(2-6-20)24(9-10-24)29-22(31)16-13-17(15-28-14-16)23(32)30-25(11-12-25)19-3-7-21(27)8-4-19/h1-8,13-15H,9-12H2,(H,29,31)(H,30,32). The Hall–Kier alpha value is -3.61. The number of halogens is 2. The van der Waals surface area contributed by atoms with E-state index in [1.807, 2.05) is 0 Å². The molecule has 1 aromatic heterocycles. The Morgan fingerprint density at radius 3 is 1.41 bits per heavy atom. The van der Waals surface area contributed by atoms with Crippen molar-refractivity contribution in [1.29, 1.82) is 0 Å². The quantitative estimate of drug-likeness (QED) is 0.612. The van der Waals surface area contributed by atoms with Crippen LogP contribution in [0.4, 0.5) is 8.78 Å². The second-order valence-corrected chi connectivity index (χ2v) is 8.55. The highest BCUT2D eigenvalue weighted by atomic mass is 19.1. The molecule has 0 spiro atoms. The molecule has 2 aliphatic rings. The molecule has 0 aliphatic heterocycles. The highest BCUT2D eigenvalue weighted by Gasteiger charge is 2.47. The van der Waals surface area contributed by atoms with Crippen LogP contribution in [0.3, 0.4) is 0 Å². The van der Waals surface area contributed by atoms with Gasteiger partial charge in [-0.1, -0.05) is 24.3 Å². The Morgan fingerprint density at radius 1 is 0.688 bits per heavy atom. The summed E-state index contributed by atoms with van der Waals surface area (Å²) in [5, 5.41) is 6.02. The van der Waals surface area contributed by atoms with Crippen LogP contribution in [-0.2, 0) is 11.1 Å². The van der Waals surface area contributed by atoms with Crippen LogP contribution in [-0.4, -0.2) is 16.8 Å². The van der Waals surface area contributed by atoms with Crippen LogP contribution in [0.25, 0.3) is 0 Å². The van der Waals surface area contributed by atoms with Crippen molar-refractivity contribution in [3.8, 4) is 0 Å². The van der Waals surface area contributed by atoms with E-state index >= 15 is 0 Å². The maximum absolute atomic E-state index is 13.2. The Bertz CT molecular complexity index is 1090. The summed E-state index contributed by atoms with van der Waals surface area (Å²) in [5.41, 5.74) is 1.23. The predicted molar refractivity (Wildman–Crippen MR) is 114 cm³/mol. The normalized spacial score (nSPS) is 17.3. The fraction of sp³-hybridized carbons (Fsp3) is 0.240. The number of hydrogen-bond acceptors (Lipinski definition) is 3. The van der Waals surface area contributed by atoms with Gasteiger partial charge in [0.05, 0.1) is 22.2 Å². The lowest BCUT2D eigenvalue weighted by Crippen LogP contribution is -2.36. The summed E-state index contributed by atoms with van der Waals surface area (Å²) in [4.78, 5) is 29.8. The van der Waals surface area contributed by atoms with Crippen molar-refractivity contribution in [2.24, 2.45) is 0 Å². The van der Waals surface area contributed by atoms with Crippen molar-refractivity contribution in [2.75, 3.05) is 0 Å². The van der Waals surface area contributed by atoms with Crippen molar-refractivity contribution in [3.05, 3.63) is 101 Å². The Labute approximate surface area is 183 Å². The second kappa shape index (κ2) is 7.51. The molecule has 0 bridgehead atoms. The van der Waals surface area contributed by atoms with Gasteiger partial charge >= 0.3 is 0 Å². The van der Waals surface area contributed by atoms with Crippen LogP contribution in [0.15, 0.2) is 67.0 Å². The van der Waals surface area contributed by atoms with Gasteiger partial charge in [-0.3, -0.25) is 14.6 Å². The molecule has 2 amide bonds. The van der Waals surface area contributed by atoms with Crippen molar-refractivity contribution in [1.82, 2.24) is 15.6 Å². The first-order valence-corrected chi connectivity index (χ1v) is 10.5. The number of carbonyl (C=O) groups is 2. The van der Waals surface area contributed by atoms with E-state index in [0.29, 0.717) is 0 Å². The first-order chi connectivity index (χ1) is 15.4. The molecular formula is C25H21F2N3O2. The molecule has 1 heterocycles. The van der Waals surface area contributed by atoms with Gasteiger partial charge in [0.1, 0.15) is 11.6 Å². The van der Waals surface area contributed by atoms with Gasteiger partial charge in [-0.15, -0.1) is 0 Å². The van der Waals surface area contributed by atoms with E-state index in [-0.39, 0.29) is 34.6 Å². The van der Waals surface area contributed by atoms with Gasteiger partial charge in [-0.25, -0.2) is 8.78 Å². The maximum atomic E-state index is 13.2. The summed E-state index contributed by atoms with van der Waals surface area (Å²) in [6, 6.07) is 13.7. The molecule has 3 aromatic rings. The Balaban J connectivity index is 1.30. The SMILES string of the molecule is O=C(NC1(c2ccc(F)cc2)CC1)c1cncc(C(=O)NC2(c3ccc(F)cc3)CC2)c1. The zero-order valence-electron chi connectivity index (χ0n) is 17.2. The zero-order valence-corrected chi connectivity index (χ0v) is 17.2. The third kappa shape index (κ3) is 3.86.